The Morgan fingerprint density at radius 3 is 2.54 bits per heavy atom. The minimum atomic E-state index is -4.43. The summed E-state index contributed by atoms with van der Waals surface area (Å²) in [7, 11) is 1.18. The van der Waals surface area contributed by atoms with Crippen LogP contribution in [0.5, 0.6) is 0 Å². The summed E-state index contributed by atoms with van der Waals surface area (Å²) in [5.41, 5.74) is -0.184. The van der Waals surface area contributed by atoms with Gasteiger partial charge in [0.2, 0.25) is 0 Å². The van der Waals surface area contributed by atoms with E-state index in [1.54, 1.807) is 0 Å². The van der Waals surface area contributed by atoms with E-state index in [1.165, 1.54) is 25.4 Å². The Labute approximate surface area is 164 Å². The zero-order valence-corrected chi connectivity index (χ0v) is 16.4. The highest BCUT2D eigenvalue weighted by molar-refractivity contribution is 7.99. The van der Waals surface area contributed by atoms with Crippen molar-refractivity contribution in [2.45, 2.75) is 37.5 Å². The Morgan fingerprint density at radius 2 is 1.96 bits per heavy atom. The van der Waals surface area contributed by atoms with Crippen molar-refractivity contribution in [3.8, 4) is 0 Å². The van der Waals surface area contributed by atoms with Crippen LogP contribution in [0.15, 0.2) is 23.4 Å². The topological polar surface area (TPSA) is 94.6 Å². The van der Waals surface area contributed by atoms with Crippen LogP contribution < -0.4 is 5.32 Å². The highest BCUT2D eigenvalue weighted by Gasteiger charge is 2.29. The molecule has 0 spiro atoms. The van der Waals surface area contributed by atoms with Crippen molar-refractivity contribution >= 4 is 29.6 Å². The van der Waals surface area contributed by atoms with Gasteiger partial charge in [-0.05, 0) is 24.5 Å². The Hall–Kier alpha value is -2.30. The average molecular weight is 422 g/mol. The number of nitrogens with zero attached hydrogens (tertiary/aromatic N) is 1. The minimum Gasteiger partial charge on any atom is -0.467 e. The molecule has 0 fully saturated rings. The number of hydrogen-bond donors (Lipinski definition) is 1. The largest absolute Gasteiger partial charge is 0.467 e. The first-order valence-electron chi connectivity index (χ1n) is 8.22. The molecular weight excluding hydrogens is 401 g/mol. The third kappa shape index (κ3) is 8.59. The van der Waals surface area contributed by atoms with Crippen molar-refractivity contribution in [3.05, 3.63) is 23.9 Å². The summed E-state index contributed by atoms with van der Waals surface area (Å²) in [5, 5.41) is 2.25. The number of methoxy groups -OCH3 is 1. The van der Waals surface area contributed by atoms with Crippen LogP contribution in [0.25, 0.3) is 0 Å². The third-order valence-corrected chi connectivity index (χ3v) is 4.30. The van der Waals surface area contributed by atoms with E-state index in [2.05, 4.69) is 15.0 Å². The predicted octanol–water partition coefficient (Wildman–Crippen LogP) is 2.60. The molecule has 156 valence electrons. The molecule has 0 bridgehead atoms. The summed E-state index contributed by atoms with van der Waals surface area (Å²) in [6.45, 7) is 3.00. The van der Waals surface area contributed by atoms with Crippen molar-refractivity contribution in [2.75, 3.05) is 19.5 Å². The average Bonchev–Trinajstić information content (AvgIpc) is 2.62. The lowest BCUT2D eigenvalue weighted by Crippen LogP contribution is -2.44. The lowest BCUT2D eigenvalue weighted by Gasteiger charge is -2.18. The van der Waals surface area contributed by atoms with Gasteiger partial charge in [0.25, 0.3) is 5.91 Å². The Morgan fingerprint density at radius 1 is 1.29 bits per heavy atom. The van der Waals surface area contributed by atoms with Crippen LogP contribution in [0.3, 0.4) is 0 Å². The van der Waals surface area contributed by atoms with Gasteiger partial charge >= 0.3 is 18.1 Å². The molecule has 1 N–H and O–H groups in total. The molecule has 0 radical (unpaired) electrons. The number of nitrogens with one attached hydrogen (secondary N) is 1. The van der Waals surface area contributed by atoms with Crippen LogP contribution in [0.4, 0.5) is 13.2 Å². The van der Waals surface area contributed by atoms with Gasteiger partial charge in [-0.1, -0.05) is 25.6 Å². The lowest BCUT2D eigenvalue weighted by molar-refractivity contribution is -0.145. The fourth-order valence-corrected chi connectivity index (χ4v) is 2.83. The Kier molecular flexibility index (Phi) is 9.23. The second-order valence-corrected chi connectivity index (χ2v) is 7.07. The molecule has 11 heteroatoms. The molecule has 28 heavy (non-hydrogen) atoms. The smallest absolute Gasteiger partial charge is 0.398 e. The van der Waals surface area contributed by atoms with Crippen LogP contribution in [-0.4, -0.2) is 54.5 Å². The van der Waals surface area contributed by atoms with Crippen LogP contribution >= 0.6 is 11.8 Å². The molecule has 0 saturated carbocycles. The van der Waals surface area contributed by atoms with E-state index >= 15 is 0 Å². The maximum atomic E-state index is 12.4. The van der Waals surface area contributed by atoms with E-state index in [-0.39, 0.29) is 16.5 Å². The summed E-state index contributed by atoms with van der Waals surface area (Å²) in [6, 6.07) is 1.72. The molecule has 1 heterocycles. The number of esters is 2. The maximum absolute atomic E-state index is 12.4. The molecule has 1 aromatic heterocycles. The summed E-state index contributed by atoms with van der Waals surface area (Å²) < 4.78 is 46.6. The van der Waals surface area contributed by atoms with Crippen LogP contribution in [0.2, 0.25) is 0 Å². The van der Waals surface area contributed by atoms with E-state index in [0.717, 1.165) is 0 Å². The molecule has 1 rings (SSSR count). The molecule has 7 nitrogen and oxygen atoms in total. The van der Waals surface area contributed by atoms with Crippen molar-refractivity contribution in [1.29, 1.82) is 0 Å². The molecule has 1 unspecified atom stereocenters. The van der Waals surface area contributed by atoms with Gasteiger partial charge < -0.3 is 14.8 Å². The number of halogens is 3. The van der Waals surface area contributed by atoms with E-state index in [4.69, 9.17) is 4.74 Å². The van der Waals surface area contributed by atoms with Crippen molar-refractivity contribution in [3.63, 3.8) is 0 Å². The fraction of sp³-hybridized carbons (Fsp3) is 0.529. The normalized spacial score (nSPS) is 12.4. The number of pyridine rings is 1. The summed E-state index contributed by atoms with van der Waals surface area (Å²) >= 11 is 0.342. The van der Waals surface area contributed by atoms with Gasteiger partial charge in [-0.2, -0.15) is 13.2 Å². The van der Waals surface area contributed by atoms with E-state index in [0.29, 0.717) is 18.2 Å². The fourth-order valence-electron chi connectivity index (χ4n) is 2.08. The zero-order chi connectivity index (χ0) is 21.3. The first-order chi connectivity index (χ1) is 13.0. The van der Waals surface area contributed by atoms with E-state index < -0.39 is 42.4 Å². The van der Waals surface area contributed by atoms with E-state index in [9.17, 15) is 27.6 Å². The van der Waals surface area contributed by atoms with Gasteiger partial charge in [0, 0.05) is 6.20 Å². The quantitative estimate of drug-likeness (QED) is 0.483. The maximum Gasteiger partial charge on any atom is 0.398 e. The number of hydrogen-bond acceptors (Lipinski definition) is 7. The number of ether oxygens (including phenoxy) is 2. The standard InChI is InChI=1S/C17H21F3N2O5S/c1-10(2)7-12(16(25)26-3)22-13(23)8-27-15(24)11-5-4-6-21-14(11)28-9-17(18,19)20/h4-6,10,12H,7-9H2,1-3H3,(H,22,23). The van der Waals surface area contributed by atoms with Crippen molar-refractivity contribution < 1.29 is 37.0 Å². The molecule has 0 aliphatic rings. The van der Waals surface area contributed by atoms with Gasteiger partial charge in [0.05, 0.1) is 18.4 Å². The summed E-state index contributed by atoms with van der Waals surface area (Å²) in [5.74, 6) is -3.49. The molecule has 1 amide bonds. The second kappa shape index (κ2) is 10.9. The van der Waals surface area contributed by atoms with Gasteiger partial charge in [0.15, 0.2) is 6.61 Å². The number of rotatable bonds is 9. The number of alkyl halides is 3. The Balaban J connectivity index is 2.68. The first-order valence-corrected chi connectivity index (χ1v) is 9.21. The van der Waals surface area contributed by atoms with Crippen LogP contribution in [0.1, 0.15) is 30.6 Å². The monoisotopic (exact) mass is 422 g/mol. The second-order valence-electron chi connectivity index (χ2n) is 6.11. The van der Waals surface area contributed by atoms with Crippen LogP contribution in [0, 0.1) is 5.92 Å². The van der Waals surface area contributed by atoms with Crippen molar-refractivity contribution in [2.24, 2.45) is 5.92 Å². The lowest BCUT2D eigenvalue weighted by atomic mass is 10.0. The highest BCUT2D eigenvalue weighted by atomic mass is 32.2. The molecular formula is C17H21F3N2O5S. The molecule has 1 aromatic rings. The van der Waals surface area contributed by atoms with Gasteiger partial charge in [-0.3, -0.25) is 4.79 Å². The van der Waals surface area contributed by atoms with Gasteiger partial charge in [-0.25, -0.2) is 14.6 Å². The predicted molar refractivity (Wildman–Crippen MR) is 94.7 cm³/mol. The molecule has 1 atom stereocenters. The Bertz CT molecular complexity index is 698. The number of carbonyl (C=O) groups is 3. The third-order valence-electron chi connectivity index (χ3n) is 3.23. The zero-order valence-electron chi connectivity index (χ0n) is 15.5. The molecule has 0 aromatic carbocycles. The van der Waals surface area contributed by atoms with Gasteiger partial charge in [0.1, 0.15) is 11.1 Å². The first kappa shape index (κ1) is 23.7. The number of amides is 1. The number of carbonyl (C=O) groups excluding carboxylic acids is 3. The SMILES string of the molecule is COC(=O)C(CC(C)C)NC(=O)COC(=O)c1cccnc1SCC(F)(F)F. The number of aromatic nitrogens is 1. The van der Waals surface area contributed by atoms with Gasteiger partial charge in [-0.15, -0.1) is 0 Å². The van der Waals surface area contributed by atoms with Crippen molar-refractivity contribution in [1.82, 2.24) is 10.3 Å². The summed E-state index contributed by atoms with van der Waals surface area (Å²) in [6.07, 6.45) is -2.86. The minimum absolute atomic E-state index is 0.0931. The molecule has 0 saturated heterocycles. The summed E-state index contributed by atoms with van der Waals surface area (Å²) in [4.78, 5) is 39.5. The van der Waals surface area contributed by atoms with Crippen LogP contribution in [-0.2, 0) is 19.1 Å². The molecule has 0 aliphatic heterocycles. The number of thioether (sulfide) groups is 1. The highest BCUT2D eigenvalue weighted by Crippen LogP contribution is 2.28. The van der Waals surface area contributed by atoms with E-state index in [1.807, 2.05) is 13.8 Å². The molecule has 0 aliphatic carbocycles.